The van der Waals surface area contributed by atoms with E-state index < -0.39 is 0 Å². The number of rotatable bonds is 6. The summed E-state index contributed by atoms with van der Waals surface area (Å²) in [5, 5.41) is 3.62. The van der Waals surface area contributed by atoms with Gasteiger partial charge in [-0.1, -0.05) is 31.7 Å². The molecule has 1 unspecified atom stereocenters. The van der Waals surface area contributed by atoms with Crippen LogP contribution in [0.5, 0.6) is 0 Å². The Labute approximate surface area is 110 Å². The maximum absolute atomic E-state index is 5.55. The van der Waals surface area contributed by atoms with E-state index in [0.29, 0.717) is 12.6 Å². The standard InChI is InChI=1S/C16H23NO/c1-4-11-17-16-10-9-14-13(12(3)18-5-2)7-6-8-15(14)16/h6-8,16-17H,3-5,9-11H2,1-2H3. The first-order valence-corrected chi connectivity index (χ1v) is 6.95. The average molecular weight is 245 g/mol. The molecule has 0 aromatic heterocycles. The van der Waals surface area contributed by atoms with Crippen LogP contribution >= 0.6 is 0 Å². The highest BCUT2D eigenvalue weighted by atomic mass is 16.5. The van der Waals surface area contributed by atoms with Gasteiger partial charge in [-0.25, -0.2) is 0 Å². The molecular formula is C16H23NO. The number of fused-ring (bicyclic) bond motifs is 1. The highest BCUT2D eigenvalue weighted by Crippen LogP contribution is 2.35. The van der Waals surface area contributed by atoms with Crippen LogP contribution in [-0.4, -0.2) is 13.2 Å². The lowest BCUT2D eigenvalue weighted by Gasteiger charge is -2.15. The van der Waals surface area contributed by atoms with E-state index >= 15 is 0 Å². The van der Waals surface area contributed by atoms with Crippen molar-refractivity contribution in [3.63, 3.8) is 0 Å². The van der Waals surface area contributed by atoms with Crippen molar-refractivity contribution in [3.8, 4) is 0 Å². The lowest BCUT2D eigenvalue weighted by molar-refractivity contribution is 0.299. The van der Waals surface area contributed by atoms with Crippen molar-refractivity contribution in [1.29, 1.82) is 0 Å². The number of hydrogen-bond donors (Lipinski definition) is 1. The fourth-order valence-electron chi connectivity index (χ4n) is 2.70. The monoisotopic (exact) mass is 245 g/mol. The second kappa shape index (κ2) is 6.05. The van der Waals surface area contributed by atoms with E-state index in [1.165, 1.54) is 29.5 Å². The Bertz CT molecular complexity index is 425. The zero-order valence-corrected chi connectivity index (χ0v) is 11.5. The van der Waals surface area contributed by atoms with Crippen molar-refractivity contribution in [2.45, 2.75) is 39.2 Å². The Hall–Kier alpha value is -1.28. The molecule has 0 bridgehead atoms. The van der Waals surface area contributed by atoms with Crippen molar-refractivity contribution in [2.75, 3.05) is 13.2 Å². The lowest BCUT2D eigenvalue weighted by Crippen LogP contribution is -2.19. The van der Waals surface area contributed by atoms with Crippen LogP contribution in [0.2, 0.25) is 0 Å². The number of ether oxygens (including phenoxy) is 1. The van der Waals surface area contributed by atoms with Gasteiger partial charge in [-0.05, 0) is 43.9 Å². The highest BCUT2D eigenvalue weighted by Gasteiger charge is 2.24. The SMILES string of the molecule is C=C(OCC)c1cccc2c1CCC2NCCC. The molecule has 0 heterocycles. The van der Waals surface area contributed by atoms with Crippen molar-refractivity contribution in [1.82, 2.24) is 5.32 Å². The number of benzene rings is 1. The van der Waals surface area contributed by atoms with Crippen molar-refractivity contribution >= 4 is 5.76 Å². The predicted octanol–water partition coefficient (Wildman–Crippen LogP) is 3.68. The van der Waals surface area contributed by atoms with E-state index in [4.69, 9.17) is 4.74 Å². The molecule has 2 heteroatoms. The first-order chi connectivity index (χ1) is 8.77. The van der Waals surface area contributed by atoms with Crippen LogP contribution in [0.3, 0.4) is 0 Å². The molecule has 1 atom stereocenters. The van der Waals surface area contributed by atoms with Crippen LogP contribution in [0, 0.1) is 0 Å². The zero-order chi connectivity index (χ0) is 13.0. The Morgan fingerprint density at radius 1 is 1.44 bits per heavy atom. The summed E-state index contributed by atoms with van der Waals surface area (Å²) in [5.41, 5.74) is 4.04. The zero-order valence-electron chi connectivity index (χ0n) is 11.5. The van der Waals surface area contributed by atoms with Gasteiger partial charge in [0.15, 0.2) is 0 Å². The fraction of sp³-hybridized carbons (Fsp3) is 0.500. The summed E-state index contributed by atoms with van der Waals surface area (Å²) in [6.07, 6.45) is 3.49. The molecule has 1 aliphatic rings. The number of hydrogen-bond acceptors (Lipinski definition) is 2. The largest absolute Gasteiger partial charge is 0.494 e. The van der Waals surface area contributed by atoms with Gasteiger partial charge in [0.05, 0.1) is 6.61 Å². The van der Waals surface area contributed by atoms with Gasteiger partial charge in [0.25, 0.3) is 0 Å². The molecular weight excluding hydrogens is 222 g/mol. The summed E-state index contributed by atoms with van der Waals surface area (Å²) in [6, 6.07) is 6.98. The molecule has 0 saturated carbocycles. The van der Waals surface area contributed by atoms with E-state index in [1.807, 2.05) is 6.92 Å². The van der Waals surface area contributed by atoms with Gasteiger partial charge in [-0.15, -0.1) is 0 Å². The smallest absolute Gasteiger partial charge is 0.119 e. The molecule has 98 valence electrons. The van der Waals surface area contributed by atoms with Gasteiger partial charge in [0.1, 0.15) is 5.76 Å². The van der Waals surface area contributed by atoms with E-state index in [9.17, 15) is 0 Å². The molecule has 0 radical (unpaired) electrons. The van der Waals surface area contributed by atoms with Gasteiger partial charge < -0.3 is 10.1 Å². The first-order valence-electron chi connectivity index (χ1n) is 6.95. The summed E-state index contributed by atoms with van der Waals surface area (Å²) in [5.74, 6) is 0.811. The van der Waals surface area contributed by atoms with Crippen LogP contribution in [0.4, 0.5) is 0 Å². The van der Waals surface area contributed by atoms with Crippen LogP contribution in [0.15, 0.2) is 24.8 Å². The lowest BCUT2D eigenvalue weighted by atomic mass is 10.0. The Kier molecular flexibility index (Phi) is 4.43. The summed E-state index contributed by atoms with van der Waals surface area (Å²) in [6.45, 7) is 10.0. The van der Waals surface area contributed by atoms with Gasteiger partial charge in [0, 0.05) is 11.6 Å². The maximum atomic E-state index is 5.55. The summed E-state index contributed by atoms with van der Waals surface area (Å²) < 4.78 is 5.55. The Balaban J connectivity index is 2.22. The molecule has 0 saturated heterocycles. The average Bonchev–Trinajstić information content (AvgIpc) is 2.79. The van der Waals surface area contributed by atoms with E-state index in [0.717, 1.165) is 18.7 Å². The molecule has 1 N–H and O–H groups in total. The summed E-state index contributed by atoms with van der Waals surface area (Å²) in [4.78, 5) is 0. The van der Waals surface area contributed by atoms with Gasteiger partial charge in [-0.2, -0.15) is 0 Å². The topological polar surface area (TPSA) is 21.3 Å². The van der Waals surface area contributed by atoms with Crippen LogP contribution < -0.4 is 5.32 Å². The van der Waals surface area contributed by atoms with Gasteiger partial charge in [-0.3, -0.25) is 0 Å². The minimum atomic E-state index is 0.509. The van der Waals surface area contributed by atoms with E-state index in [-0.39, 0.29) is 0 Å². The third-order valence-corrected chi connectivity index (χ3v) is 3.53. The summed E-state index contributed by atoms with van der Waals surface area (Å²) in [7, 11) is 0. The minimum Gasteiger partial charge on any atom is -0.494 e. The van der Waals surface area contributed by atoms with Crippen molar-refractivity contribution in [2.24, 2.45) is 0 Å². The second-order valence-electron chi connectivity index (χ2n) is 4.77. The van der Waals surface area contributed by atoms with Gasteiger partial charge >= 0.3 is 0 Å². The molecule has 0 aliphatic heterocycles. The molecule has 1 aromatic rings. The predicted molar refractivity (Wildman–Crippen MR) is 76.5 cm³/mol. The van der Waals surface area contributed by atoms with Crippen molar-refractivity contribution in [3.05, 3.63) is 41.5 Å². The third kappa shape index (κ3) is 2.59. The van der Waals surface area contributed by atoms with E-state index in [1.54, 1.807) is 0 Å². The van der Waals surface area contributed by atoms with Crippen molar-refractivity contribution < 1.29 is 4.74 Å². The second-order valence-corrected chi connectivity index (χ2v) is 4.77. The first kappa shape index (κ1) is 13.2. The van der Waals surface area contributed by atoms with Crippen LogP contribution in [0.1, 0.15) is 49.4 Å². The quantitative estimate of drug-likeness (QED) is 0.772. The Morgan fingerprint density at radius 2 is 2.28 bits per heavy atom. The molecule has 2 rings (SSSR count). The third-order valence-electron chi connectivity index (χ3n) is 3.53. The molecule has 0 spiro atoms. The molecule has 18 heavy (non-hydrogen) atoms. The molecule has 0 amide bonds. The highest BCUT2D eigenvalue weighted by molar-refractivity contribution is 5.64. The Morgan fingerprint density at radius 3 is 3.00 bits per heavy atom. The van der Waals surface area contributed by atoms with Crippen LogP contribution in [0.25, 0.3) is 5.76 Å². The fourth-order valence-corrected chi connectivity index (χ4v) is 2.70. The van der Waals surface area contributed by atoms with Gasteiger partial charge in [0.2, 0.25) is 0 Å². The number of nitrogens with one attached hydrogen (secondary N) is 1. The van der Waals surface area contributed by atoms with E-state index in [2.05, 4.69) is 37.0 Å². The molecule has 1 aliphatic carbocycles. The minimum absolute atomic E-state index is 0.509. The molecule has 0 fully saturated rings. The molecule has 1 aromatic carbocycles. The maximum Gasteiger partial charge on any atom is 0.119 e. The van der Waals surface area contributed by atoms with Crippen LogP contribution in [-0.2, 0) is 11.2 Å². The summed E-state index contributed by atoms with van der Waals surface area (Å²) >= 11 is 0. The molecule has 2 nitrogen and oxygen atoms in total. The normalized spacial score (nSPS) is 17.6.